The molecule has 2 unspecified atom stereocenters. The van der Waals surface area contributed by atoms with Crippen molar-refractivity contribution in [2.45, 2.75) is 31.7 Å². The molecule has 0 saturated carbocycles. The van der Waals surface area contributed by atoms with E-state index < -0.39 is 17.6 Å². The molecule has 1 aliphatic heterocycles. The predicted octanol–water partition coefficient (Wildman–Crippen LogP) is 3.71. The molecule has 2 aromatic carbocycles. The molecule has 0 aromatic heterocycles. The number of nitrogens with zero attached hydrogens (tertiary/aromatic N) is 1. The number of amides is 1. The molecule has 2 aliphatic rings. The summed E-state index contributed by atoms with van der Waals surface area (Å²) < 4.78 is 5.77. The number of piperidine rings is 1. The fourth-order valence-corrected chi connectivity index (χ4v) is 5.09. The Hall–Kier alpha value is -2.86. The molecule has 2 N–H and O–H groups in total. The topological polar surface area (TPSA) is 78.9 Å². The summed E-state index contributed by atoms with van der Waals surface area (Å²) in [7, 11) is 0. The summed E-state index contributed by atoms with van der Waals surface area (Å²) in [6.45, 7) is 5.27. The van der Waals surface area contributed by atoms with Gasteiger partial charge in [0.25, 0.3) is 0 Å². The molecule has 1 fully saturated rings. The summed E-state index contributed by atoms with van der Waals surface area (Å²) in [5, 5.41) is 13.3. The standard InChI is InChI=1S/C24H28N2O4/c1-3-26(24(22(27)28)12-13-25-14-16(24)2)23(29)30-15-21-19-10-6-4-8-17(19)18-9-5-7-11-20(18)21/h4-11,16,21,25H,3,12-15H2,1-2H3,(H,27,28). The van der Waals surface area contributed by atoms with E-state index in [-0.39, 0.29) is 25.0 Å². The van der Waals surface area contributed by atoms with E-state index in [2.05, 4.69) is 29.6 Å². The number of hydrogen-bond acceptors (Lipinski definition) is 4. The second-order valence-electron chi connectivity index (χ2n) is 8.13. The number of carbonyl (C=O) groups excluding carboxylic acids is 1. The SMILES string of the molecule is CCN(C(=O)OCC1c2ccccc2-c2ccccc21)C1(C(=O)O)CCNCC1C. The number of aliphatic carboxylic acids is 1. The lowest BCUT2D eigenvalue weighted by atomic mass is 9.78. The number of nitrogens with one attached hydrogen (secondary N) is 1. The maximum atomic E-state index is 13.1. The van der Waals surface area contributed by atoms with Gasteiger partial charge in [-0.05, 0) is 42.1 Å². The first-order valence-corrected chi connectivity index (χ1v) is 10.6. The highest BCUT2D eigenvalue weighted by molar-refractivity contribution is 5.85. The van der Waals surface area contributed by atoms with Crippen LogP contribution in [0.3, 0.4) is 0 Å². The summed E-state index contributed by atoms with van der Waals surface area (Å²) in [4.78, 5) is 26.8. The Morgan fingerprint density at radius 2 is 1.73 bits per heavy atom. The number of fused-ring (bicyclic) bond motifs is 3. The molecule has 4 rings (SSSR count). The highest BCUT2D eigenvalue weighted by Gasteiger charge is 2.52. The average Bonchev–Trinajstić information content (AvgIpc) is 3.08. The number of carbonyl (C=O) groups is 2. The molecular weight excluding hydrogens is 380 g/mol. The van der Waals surface area contributed by atoms with E-state index in [9.17, 15) is 14.7 Å². The van der Waals surface area contributed by atoms with Crippen LogP contribution in [0.15, 0.2) is 48.5 Å². The molecule has 1 heterocycles. The first-order valence-electron chi connectivity index (χ1n) is 10.6. The number of hydrogen-bond donors (Lipinski definition) is 2. The van der Waals surface area contributed by atoms with Crippen molar-refractivity contribution in [2.24, 2.45) is 5.92 Å². The van der Waals surface area contributed by atoms with Crippen molar-refractivity contribution < 1.29 is 19.4 Å². The number of benzene rings is 2. The fraction of sp³-hybridized carbons (Fsp3) is 0.417. The lowest BCUT2D eigenvalue weighted by Gasteiger charge is -2.46. The van der Waals surface area contributed by atoms with Gasteiger partial charge < -0.3 is 15.2 Å². The summed E-state index contributed by atoms with van der Waals surface area (Å²) in [6.07, 6.45) is -0.197. The van der Waals surface area contributed by atoms with Gasteiger partial charge in [0, 0.05) is 24.9 Å². The van der Waals surface area contributed by atoms with Crippen molar-refractivity contribution in [3.8, 4) is 11.1 Å². The lowest BCUT2D eigenvalue weighted by molar-refractivity contribution is -0.156. The number of ether oxygens (including phenoxy) is 1. The van der Waals surface area contributed by atoms with Crippen LogP contribution in [0.25, 0.3) is 11.1 Å². The van der Waals surface area contributed by atoms with E-state index in [1.807, 2.05) is 31.2 Å². The molecule has 6 nitrogen and oxygen atoms in total. The Labute approximate surface area is 176 Å². The number of rotatable bonds is 5. The third-order valence-corrected chi connectivity index (χ3v) is 6.67. The third-order valence-electron chi connectivity index (χ3n) is 6.67. The van der Waals surface area contributed by atoms with Crippen LogP contribution in [0.4, 0.5) is 4.79 Å². The Bertz CT molecular complexity index is 914. The molecule has 0 radical (unpaired) electrons. The van der Waals surface area contributed by atoms with Crippen molar-refractivity contribution in [3.05, 3.63) is 59.7 Å². The maximum absolute atomic E-state index is 13.1. The summed E-state index contributed by atoms with van der Waals surface area (Å²) in [5.41, 5.74) is 3.35. The van der Waals surface area contributed by atoms with E-state index in [0.29, 0.717) is 19.5 Å². The van der Waals surface area contributed by atoms with Gasteiger partial charge in [-0.15, -0.1) is 0 Å². The monoisotopic (exact) mass is 408 g/mol. The molecule has 6 heteroatoms. The minimum Gasteiger partial charge on any atom is -0.479 e. The molecule has 158 valence electrons. The zero-order valence-electron chi connectivity index (χ0n) is 17.4. The first kappa shape index (κ1) is 20.4. The molecular formula is C24H28N2O4. The summed E-state index contributed by atoms with van der Waals surface area (Å²) in [6, 6.07) is 16.3. The van der Waals surface area contributed by atoms with Crippen LogP contribution < -0.4 is 5.32 Å². The fourth-order valence-electron chi connectivity index (χ4n) is 5.09. The van der Waals surface area contributed by atoms with E-state index in [0.717, 1.165) is 22.3 Å². The molecule has 30 heavy (non-hydrogen) atoms. The highest BCUT2D eigenvalue weighted by atomic mass is 16.6. The molecule has 2 aromatic rings. The smallest absolute Gasteiger partial charge is 0.410 e. The zero-order valence-corrected chi connectivity index (χ0v) is 17.4. The summed E-state index contributed by atoms with van der Waals surface area (Å²) in [5.74, 6) is -1.23. The van der Waals surface area contributed by atoms with E-state index in [1.165, 1.54) is 4.90 Å². The molecule has 1 amide bonds. The van der Waals surface area contributed by atoms with Crippen molar-refractivity contribution in [2.75, 3.05) is 26.2 Å². The van der Waals surface area contributed by atoms with Crippen molar-refractivity contribution >= 4 is 12.1 Å². The van der Waals surface area contributed by atoms with Crippen LogP contribution in [-0.2, 0) is 9.53 Å². The van der Waals surface area contributed by atoms with Gasteiger partial charge in [-0.1, -0.05) is 55.5 Å². The Morgan fingerprint density at radius 1 is 1.13 bits per heavy atom. The van der Waals surface area contributed by atoms with Crippen LogP contribution in [0.1, 0.15) is 37.3 Å². The van der Waals surface area contributed by atoms with Gasteiger partial charge in [-0.2, -0.15) is 0 Å². The first-order chi connectivity index (χ1) is 14.5. The van der Waals surface area contributed by atoms with Crippen LogP contribution >= 0.6 is 0 Å². The second kappa shape index (κ2) is 8.11. The van der Waals surface area contributed by atoms with E-state index in [4.69, 9.17) is 4.74 Å². The third kappa shape index (κ3) is 3.16. The van der Waals surface area contributed by atoms with Gasteiger partial charge in [0.1, 0.15) is 12.1 Å². The Morgan fingerprint density at radius 3 is 2.27 bits per heavy atom. The molecule has 1 aliphatic carbocycles. The van der Waals surface area contributed by atoms with Gasteiger partial charge in [0.05, 0.1) is 0 Å². The number of carboxylic acid groups (broad SMARTS) is 1. The molecule has 2 atom stereocenters. The minimum absolute atomic E-state index is 0.0497. The van der Waals surface area contributed by atoms with Crippen LogP contribution in [0, 0.1) is 5.92 Å². The number of likely N-dealkylation sites (N-methyl/N-ethyl adjacent to an activating group) is 1. The van der Waals surface area contributed by atoms with Crippen LogP contribution in [0.5, 0.6) is 0 Å². The van der Waals surface area contributed by atoms with Crippen molar-refractivity contribution in [1.29, 1.82) is 0 Å². The zero-order chi connectivity index (χ0) is 21.3. The number of carboxylic acids is 1. The van der Waals surface area contributed by atoms with E-state index >= 15 is 0 Å². The average molecular weight is 408 g/mol. The lowest BCUT2D eigenvalue weighted by Crippen LogP contribution is -2.65. The largest absolute Gasteiger partial charge is 0.479 e. The van der Waals surface area contributed by atoms with Gasteiger partial charge in [-0.3, -0.25) is 4.90 Å². The Balaban J connectivity index is 1.57. The van der Waals surface area contributed by atoms with E-state index in [1.54, 1.807) is 6.92 Å². The predicted molar refractivity (Wildman–Crippen MR) is 114 cm³/mol. The van der Waals surface area contributed by atoms with Gasteiger partial charge in [0.15, 0.2) is 0 Å². The summed E-state index contributed by atoms with van der Waals surface area (Å²) >= 11 is 0. The molecule has 1 saturated heterocycles. The van der Waals surface area contributed by atoms with Gasteiger partial charge >= 0.3 is 12.1 Å². The van der Waals surface area contributed by atoms with Gasteiger partial charge in [-0.25, -0.2) is 9.59 Å². The quantitative estimate of drug-likeness (QED) is 0.789. The maximum Gasteiger partial charge on any atom is 0.410 e. The van der Waals surface area contributed by atoms with Crippen LogP contribution in [-0.4, -0.2) is 53.8 Å². The Kier molecular flexibility index (Phi) is 5.52. The van der Waals surface area contributed by atoms with Crippen molar-refractivity contribution in [3.63, 3.8) is 0 Å². The molecule has 0 bridgehead atoms. The van der Waals surface area contributed by atoms with Gasteiger partial charge in [0.2, 0.25) is 0 Å². The van der Waals surface area contributed by atoms with Crippen LogP contribution in [0.2, 0.25) is 0 Å². The molecule has 0 spiro atoms. The second-order valence-corrected chi connectivity index (χ2v) is 8.13. The minimum atomic E-state index is -1.25. The highest BCUT2D eigenvalue weighted by Crippen LogP contribution is 2.44. The van der Waals surface area contributed by atoms with Crippen molar-refractivity contribution in [1.82, 2.24) is 10.2 Å². The normalized spacial score (nSPS) is 22.8.